The van der Waals surface area contributed by atoms with Crippen LogP contribution in [-0.4, -0.2) is 39.3 Å². The second kappa shape index (κ2) is 6.52. The van der Waals surface area contributed by atoms with Crippen molar-refractivity contribution in [1.29, 1.82) is 0 Å². The quantitative estimate of drug-likeness (QED) is 0.811. The zero-order valence-corrected chi connectivity index (χ0v) is 13.6. The molecule has 0 bridgehead atoms. The standard InChI is InChI=1S/C16H19N3O2S/c1-11-5-7-13(8-6-11)14-17-18-16(21-14)22-12(2)15(20)19-9-3-4-10-19/h5-8,12H,3-4,9-10H2,1-2H3. The summed E-state index contributed by atoms with van der Waals surface area (Å²) in [6.45, 7) is 5.65. The van der Waals surface area contributed by atoms with Gasteiger partial charge in [-0.05, 0) is 38.8 Å². The van der Waals surface area contributed by atoms with Gasteiger partial charge in [-0.3, -0.25) is 4.79 Å². The average Bonchev–Trinajstić information content (AvgIpc) is 3.18. The summed E-state index contributed by atoms with van der Waals surface area (Å²) >= 11 is 1.33. The van der Waals surface area contributed by atoms with Gasteiger partial charge >= 0.3 is 0 Å². The van der Waals surface area contributed by atoms with Crippen molar-refractivity contribution >= 4 is 17.7 Å². The van der Waals surface area contributed by atoms with Crippen LogP contribution in [0.2, 0.25) is 0 Å². The average molecular weight is 317 g/mol. The highest BCUT2D eigenvalue weighted by atomic mass is 32.2. The molecule has 0 radical (unpaired) electrons. The molecule has 116 valence electrons. The van der Waals surface area contributed by atoms with Crippen molar-refractivity contribution in [2.24, 2.45) is 0 Å². The highest BCUT2D eigenvalue weighted by Gasteiger charge is 2.25. The van der Waals surface area contributed by atoms with Gasteiger partial charge in [0.2, 0.25) is 11.8 Å². The Bertz CT molecular complexity index is 648. The van der Waals surface area contributed by atoms with E-state index < -0.39 is 0 Å². The lowest BCUT2D eigenvalue weighted by Gasteiger charge is -2.18. The third-order valence-corrected chi connectivity index (χ3v) is 4.67. The first-order valence-electron chi connectivity index (χ1n) is 7.49. The number of aryl methyl sites for hydroxylation is 1. The second-order valence-corrected chi connectivity index (χ2v) is 6.82. The summed E-state index contributed by atoms with van der Waals surface area (Å²) < 4.78 is 5.66. The van der Waals surface area contributed by atoms with Gasteiger partial charge in [0, 0.05) is 18.7 Å². The number of carbonyl (C=O) groups excluding carboxylic acids is 1. The Balaban J connectivity index is 1.66. The van der Waals surface area contributed by atoms with Crippen LogP contribution >= 0.6 is 11.8 Å². The largest absolute Gasteiger partial charge is 0.411 e. The first-order valence-corrected chi connectivity index (χ1v) is 8.37. The molecule has 5 nitrogen and oxygen atoms in total. The summed E-state index contributed by atoms with van der Waals surface area (Å²) in [5.74, 6) is 0.640. The van der Waals surface area contributed by atoms with Crippen molar-refractivity contribution < 1.29 is 9.21 Å². The van der Waals surface area contributed by atoms with Crippen molar-refractivity contribution in [2.45, 2.75) is 37.2 Å². The van der Waals surface area contributed by atoms with Gasteiger partial charge in [0.25, 0.3) is 5.22 Å². The maximum Gasteiger partial charge on any atom is 0.277 e. The molecule has 1 amide bonds. The topological polar surface area (TPSA) is 59.2 Å². The van der Waals surface area contributed by atoms with E-state index in [1.54, 1.807) is 0 Å². The van der Waals surface area contributed by atoms with E-state index in [0.717, 1.165) is 31.5 Å². The molecule has 1 atom stereocenters. The number of carbonyl (C=O) groups is 1. The summed E-state index contributed by atoms with van der Waals surface area (Å²) in [6, 6.07) is 7.92. The van der Waals surface area contributed by atoms with Crippen LogP contribution in [0.25, 0.3) is 11.5 Å². The Hall–Kier alpha value is -1.82. The lowest BCUT2D eigenvalue weighted by atomic mass is 10.1. The molecular formula is C16H19N3O2S. The van der Waals surface area contributed by atoms with Gasteiger partial charge in [0.15, 0.2) is 0 Å². The summed E-state index contributed by atoms with van der Waals surface area (Å²) in [6.07, 6.45) is 2.20. The molecule has 1 saturated heterocycles. The number of thioether (sulfide) groups is 1. The number of hydrogen-bond acceptors (Lipinski definition) is 5. The van der Waals surface area contributed by atoms with E-state index >= 15 is 0 Å². The predicted octanol–water partition coefficient (Wildman–Crippen LogP) is 3.15. The third kappa shape index (κ3) is 3.32. The molecule has 2 heterocycles. The van der Waals surface area contributed by atoms with E-state index in [1.165, 1.54) is 17.3 Å². The fraction of sp³-hybridized carbons (Fsp3) is 0.438. The lowest BCUT2D eigenvalue weighted by molar-refractivity contribution is -0.129. The Kier molecular flexibility index (Phi) is 4.47. The van der Waals surface area contributed by atoms with Gasteiger partial charge in [-0.25, -0.2) is 0 Å². The Morgan fingerprint density at radius 3 is 2.59 bits per heavy atom. The highest BCUT2D eigenvalue weighted by molar-refractivity contribution is 8.00. The van der Waals surface area contributed by atoms with Gasteiger partial charge in [-0.1, -0.05) is 29.5 Å². The van der Waals surface area contributed by atoms with Crippen molar-refractivity contribution in [3.05, 3.63) is 29.8 Å². The molecule has 6 heteroatoms. The van der Waals surface area contributed by atoms with Crippen molar-refractivity contribution in [3.8, 4) is 11.5 Å². The van der Waals surface area contributed by atoms with E-state index in [9.17, 15) is 4.79 Å². The number of amides is 1. The Labute approximate surface area is 134 Å². The number of benzene rings is 1. The summed E-state index contributed by atoms with van der Waals surface area (Å²) in [5.41, 5.74) is 2.08. The van der Waals surface area contributed by atoms with Gasteiger partial charge in [0.05, 0.1) is 5.25 Å². The molecule has 1 unspecified atom stereocenters. The van der Waals surface area contributed by atoms with Crippen LogP contribution in [0.15, 0.2) is 33.9 Å². The van der Waals surface area contributed by atoms with Crippen LogP contribution in [0.5, 0.6) is 0 Å². The molecule has 0 saturated carbocycles. The number of nitrogens with zero attached hydrogens (tertiary/aromatic N) is 3. The minimum Gasteiger partial charge on any atom is -0.411 e. The van der Waals surface area contributed by atoms with Gasteiger partial charge in [0.1, 0.15) is 0 Å². The monoisotopic (exact) mass is 317 g/mol. The second-order valence-electron chi connectivity index (χ2n) is 5.53. The van der Waals surface area contributed by atoms with E-state index in [-0.39, 0.29) is 11.2 Å². The van der Waals surface area contributed by atoms with Gasteiger partial charge in [-0.15, -0.1) is 10.2 Å². The lowest BCUT2D eigenvalue weighted by Crippen LogP contribution is -2.34. The minimum atomic E-state index is -0.204. The van der Waals surface area contributed by atoms with Crippen LogP contribution in [0.4, 0.5) is 0 Å². The SMILES string of the molecule is Cc1ccc(-c2nnc(SC(C)C(=O)N3CCCC3)o2)cc1. The summed E-state index contributed by atoms with van der Waals surface area (Å²) in [4.78, 5) is 14.2. The Morgan fingerprint density at radius 2 is 1.91 bits per heavy atom. The fourth-order valence-corrected chi connectivity index (χ4v) is 3.23. The number of likely N-dealkylation sites (tertiary alicyclic amines) is 1. The molecular weight excluding hydrogens is 298 g/mol. The summed E-state index contributed by atoms with van der Waals surface area (Å²) in [7, 11) is 0. The van der Waals surface area contributed by atoms with Crippen molar-refractivity contribution in [2.75, 3.05) is 13.1 Å². The predicted molar refractivity (Wildman–Crippen MR) is 85.6 cm³/mol. The Morgan fingerprint density at radius 1 is 1.23 bits per heavy atom. The van der Waals surface area contributed by atoms with Crippen LogP contribution in [0, 0.1) is 6.92 Å². The van der Waals surface area contributed by atoms with Gasteiger partial charge in [-0.2, -0.15) is 0 Å². The number of aromatic nitrogens is 2. The van der Waals surface area contributed by atoms with E-state index in [2.05, 4.69) is 10.2 Å². The molecule has 1 aromatic carbocycles. The van der Waals surface area contributed by atoms with Crippen LogP contribution < -0.4 is 0 Å². The zero-order chi connectivity index (χ0) is 15.5. The minimum absolute atomic E-state index is 0.151. The third-order valence-electron chi connectivity index (χ3n) is 3.75. The molecule has 3 rings (SSSR count). The first kappa shape index (κ1) is 15.1. The van der Waals surface area contributed by atoms with Crippen LogP contribution in [0.3, 0.4) is 0 Å². The fourth-order valence-electron chi connectivity index (χ4n) is 2.47. The summed E-state index contributed by atoms with van der Waals surface area (Å²) in [5, 5.41) is 8.34. The van der Waals surface area contributed by atoms with E-state index in [0.29, 0.717) is 11.1 Å². The molecule has 1 aromatic heterocycles. The van der Waals surface area contributed by atoms with Gasteiger partial charge < -0.3 is 9.32 Å². The van der Waals surface area contributed by atoms with Crippen LogP contribution in [0.1, 0.15) is 25.3 Å². The highest BCUT2D eigenvalue weighted by Crippen LogP contribution is 2.27. The molecule has 22 heavy (non-hydrogen) atoms. The maximum absolute atomic E-state index is 12.3. The normalized spacial score (nSPS) is 16.0. The molecule has 0 N–H and O–H groups in total. The molecule has 0 aliphatic carbocycles. The molecule has 1 aliphatic rings. The molecule has 1 aliphatic heterocycles. The number of hydrogen-bond donors (Lipinski definition) is 0. The van der Waals surface area contributed by atoms with E-state index in [1.807, 2.05) is 43.0 Å². The van der Waals surface area contributed by atoms with Crippen LogP contribution in [-0.2, 0) is 4.79 Å². The molecule has 2 aromatic rings. The maximum atomic E-state index is 12.3. The van der Waals surface area contributed by atoms with Crippen molar-refractivity contribution in [1.82, 2.24) is 15.1 Å². The number of rotatable bonds is 4. The zero-order valence-electron chi connectivity index (χ0n) is 12.8. The molecule has 1 fully saturated rings. The van der Waals surface area contributed by atoms with E-state index in [4.69, 9.17) is 4.42 Å². The van der Waals surface area contributed by atoms with Crippen molar-refractivity contribution in [3.63, 3.8) is 0 Å². The molecule has 0 spiro atoms. The smallest absolute Gasteiger partial charge is 0.277 e. The first-order chi connectivity index (χ1) is 10.6.